The number of fused-ring (bicyclic) bond motifs is 1. The molecule has 138 valence electrons. The maximum absolute atomic E-state index is 12.5. The molecule has 0 amide bonds. The van der Waals surface area contributed by atoms with Gasteiger partial charge >= 0.3 is 5.97 Å². The molecule has 1 atom stereocenters. The van der Waals surface area contributed by atoms with Crippen LogP contribution in [0.4, 0.5) is 0 Å². The molecule has 6 heteroatoms. The average Bonchev–Trinajstić information content (AvgIpc) is 2.93. The lowest BCUT2D eigenvalue weighted by Crippen LogP contribution is -2.38. The lowest BCUT2D eigenvalue weighted by Gasteiger charge is -2.24. The molecule has 0 aliphatic carbocycles. The van der Waals surface area contributed by atoms with Crippen molar-refractivity contribution in [2.45, 2.75) is 39.8 Å². The van der Waals surface area contributed by atoms with E-state index >= 15 is 0 Å². The minimum absolute atomic E-state index is 0.0614. The molecule has 2 heterocycles. The first-order valence-electron chi connectivity index (χ1n) is 8.65. The number of aryl methyl sites for hydroxylation is 1. The summed E-state index contributed by atoms with van der Waals surface area (Å²) in [4.78, 5) is 24.7. The summed E-state index contributed by atoms with van der Waals surface area (Å²) < 4.78 is 18.4. The maximum atomic E-state index is 12.5. The Balaban J connectivity index is 1.62. The number of para-hydroxylation sites is 2. The van der Waals surface area contributed by atoms with Gasteiger partial charge in [-0.1, -0.05) is 12.1 Å². The van der Waals surface area contributed by atoms with E-state index in [0.717, 1.165) is 11.4 Å². The van der Waals surface area contributed by atoms with Crippen molar-refractivity contribution in [3.05, 3.63) is 47.3 Å². The van der Waals surface area contributed by atoms with Gasteiger partial charge < -0.3 is 18.8 Å². The molecule has 3 rings (SSSR count). The van der Waals surface area contributed by atoms with E-state index < -0.39 is 12.1 Å². The van der Waals surface area contributed by atoms with E-state index in [2.05, 4.69) is 18.4 Å². The lowest BCUT2D eigenvalue weighted by molar-refractivity contribution is -0.153. The third-order valence-electron chi connectivity index (χ3n) is 4.42. The standard InChI is InChI=1S/C20H23NO5/c1-12(2)21-13(3)9-15(14(21)4)16(22)10-25-20(23)19-11-24-17-7-5-6-8-18(17)26-19/h5-9,12,19H,10-11H2,1-4H3/t19-/m0/s1. The topological polar surface area (TPSA) is 66.8 Å². The number of carbonyl (C=O) groups excluding carboxylic acids is 2. The summed E-state index contributed by atoms with van der Waals surface area (Å²) >= 11 is 0. The second-order valence-electron chi connectivity index (χ2n) is 6.64. The van der Waals surface area contributed by atoms with Crippen molar-refractivity contribution in [1.29, 1.82) is 0 Å². The number of aromatic nitrogens is 1. The molecule has 0 unspecified atom stereocenters. The Morgan fingerprint density at radius 3 is 2.58 bits per heavy atom. The van der Waals surface area contributed by atoms with Gasteiger partial charge in [-0.15, -0.1) is 0 Å². The van der Waals surface area contributed by atoms with Gasteiger partial charge in [0.1, 0.15) is 6.61 Å². The van der Waals surface area contributed by atoms with E-state index in [4.69, 9.17) is 14.2 Å². The van der Waals surface area contributed by atoms with Crippen LogP contribution in [0.2, 0.25) is 0 Å². The van der Waals surface area contributed by atoms with Crippen molar-refractivity contribution >= 4 is 11.8 Å². The van der Waals surface area contributed by atoms with Gasteiger partial charge in [0.2, 0.25) is 11.9 Å². The Hall–Kier alpha value is -2.76. The molecule has 1 aliphatic heterocycles. The first kappa shape index (κ1) is 18.0. The Morgan fingerprint density at radius 2 is 1.92 bits per heavy atom. The Kier molecular flexibility index (Phi) is 5.02. The molecule has 6 nitrogen and oxygen atoms in total. The van der Waals surface area contributed by atoms with Gasteiger partial charge in [0.05, 0.1) is 0 Å². The maximum Gasteiger partial charge on any atom is 0.351 e. The van der Waals surface area contributed by atoms with Crippen LogP contribution in [0.3, 0.4) is 0 Å². The van der Waals surface area contributed by atoms with Crippen LogP contribution in [0.15, 0.2) is 30.3 Å². The molecule has 0 saturated carbocycles. The number of ether oxygens (including phenoxy) is 3. The zero-order valence-electron chi connectivity index (χ0n) is 15.4. The molecule has 0 spiro atoms. The third kappa shape index (κ3) is 3.45. The Labute approximate surface area is 152 Å². The van der Waals surface area contributed by atoms with E-state index in [1.165, 1.54) is 0 Å². The average molecular weight is 357 g/mol. The van der Waals surface area contributed by atoms with E-state index in [1.54, 1.807) is 18.2 Å². The van der Waals surface area contributed by atoms with E-state index in [-0.39, 0.29) is 25.0 Å². The van der Waals surface area contributed by atoms with Gasteiger partial charge in [-0.05, 0) is 45.9 Å². The predicted molar refractivity (Wildman–Crippen MR) is 95.9 cm³/mol. The van der Waals surface area contributed by atoms with E-state index in [9.17, 15) is 9.59 Å². The number of esters is 1. The van der Waals surface area contributed by atoms with Gasteiger partial charge in [-0.3, -0.25) is 4.79 Å². The van der Waals surface area contributed by atoms with Crippen LogP contribution >= 0.6 is 0 Å². The molecule has 0 fully saturated rings. The van der Waals surface area contributed by atoms with Gasteiger partial charge in [0.15, 0.2) is 18.1 Å². The summed E-state index contributed by atoms with van der Waals surface area (Å²) in [6, 6.07) is 9.21. The first-order chi connectivity index (χ1) is 12.4. The number of nitrogens with zero attached hydrogens (tertiary/aromatic N) is 1. The lowest BCUT2D eigenvalue weighted by atomic mass is 10.1. The second kappa shape index (κ2) is 7.23. The first-order valence-corrected chi connectivity index (χ1v) is 8.65. The zero-order chi connectivity index (χ0) is 18.8. The third-order valence-corrected chi connectivity index (χ3v) is 4.42. The predicted octanol–water partition coefficient (Wildman–Crippen LogP) is 3.25. The van der Waals surface area contributed by atoms with Crippen LogP contribution in [0.1, 0.15) is 41.6 Å². The number of rotatable bonds is 5. The van der Waals surface area contributed by atoms with Crippen LogP contribution < -0.4 is 9.47 Å². The van der Waals surface area contributed by atoms with Crippen molar-refractivity contribution < 1.29 is 23.8 Å². The van der Waals surface area contributed by atoms with Crippen LogP contribution in [0, 0.1) is 13.8 Å². The Morgan fingerprint density at radius 1 is 1.23 bits per heavy atom. The van der Waals surface area contributed by atoms with Gasteiger partial charge in [0, 0.05) is 23.0 Å². The number of carbonyl (C=O) groups is 2. The van der Waals surface area contributed by atoms with Crippen molar-refractivity contribution in [2.75, 3.05) is 13.2 Å². The normalized spacial score (nSPS) is 15.8. The van der Waals surface area contributed by atoms with Crippen molar-refractivity contribution in [3.63, 3.8) is 0 Å². The molecule has 0 radical (unpaired) electrons. The number of Topliss-reactive ketones (excluding diaryl/α,β-unsaturated/α-hetero) is 1. The summed E-state index contributed by atoms with van der Waals surface area (Å²) in [5.74, 6) is 0.252. The summed E-state index contributed by atoms with van der Waals surface area (Å²) in [6.07, 6.45) is -0.874. The monoisotopic (exact) mass is 357 g/mol. The van der Waals surface area contributed by atoms with Crippen LogP contribution in [0.25, 0.3) is 0 Å². The SMILES string of the molecule is Cc1cc(C(=O)COC(=O)[C@@H]2COc3ccccc3O2)c(C)n1C(C)C. The Bertz CT molecular complexity index is 837. The molecular weight excluding hydrogens is 334 g/mol. The second-order valence-corrected chi connectivity index (χ2v) is 6.64. The molecular formula is C20H23NO5. The number of benzene rings is 1. The van der Waals surface area contributed by atoms with Gasteiger partial charge in [-0.2, -0.15) is 0 Å². The number of ketones is 1. The van der Waals surface area contributed by atoms with Gasteiger partial charge in [0.25, 0.3) is 0 Å². The van der Waals surface area contributed by atoms with Crippen molar-refractivity contribution in [1.82, 2.24) is 4.57 Å². The molecule has 2 aromatic rings. The van der Waals surface area contributed by atoms with E-state index in [0.29, 0.717) is 17.1 Å². The molecule has 1 aromatic heterocycles. The minimum Gasteiger partial charge on any atom is -0.485 e. The summed E-state index contributed by atoms with van der Waals surface area (Å²) in [6.45, 7) is 7.73. The van der Waals surface area contributed by atoms with Gasteiger partial charge in [-0.25, -0.2) is 4.79 Å². The summed E-state index contributed by atoms with van der Waals surface area (Å²) in [7, 11) is 0. The number of hydrogen-bond donors (Lipinski definition) is 0. The molecule has 1 aliphatic rings. The highest BCUT2D eigenvalue weighted by Gasteiger charge is 2.29. The largest absolute Gasteiger partial charge is 0.485 e. The highest BCUT2D eigenvalue weighted by atomic mass is 16.6. The van der Waals surface area contributed by atoms with Crippen molar-refractivity contribution in [2.24, 2.45) is 0 Å². The highest BCUT2D eigenvalue weighted by Crippen LogP contribution is 2.31. The zero-order valence-corrected chi connectivity index (χ0v) is 15.4. The molecule has 0 saturated heterocycles. The van der Waals surface area contributed by atoms with Crippen LogP contribution in [-0.2, 0) is 9.53 Å². The smallest absolute Gasteiger partial charge is 0.351 e. The quantitative estimate of drug-likeness (QED) is 0.607. The van der Waals surface area contributed by atoms with Crippen LogP contribution in [0.5, 0.6) is 11.5 Å². The summed E-state index contributed by atoms with van der Waals surface area (Å²) in [5.41, 5.74) is 2.47. The minimum atomic E-state index is -0.874. The molecule has 1 aromatic carbocycles. The molecule has 26 heavy (non-hydrogen) atoms. The van der Waals surface area contributed by atoms with Crippen LogP contribution in [-0.4, -0.2) is 35.6 Å². The fourth-order valence-electron chi connectivity index (χ4n) is 3.30. The highest BCUT2D eigenvalue weighted by molar-refractivity contribution is 5.99. The fourth-order valence-corrected chi connectivity index (χ4v) is 3.30. The molecule has 0 bridgehead atoms. The van der Waals surface area contributed by atoms with E-state index in [1.807, 2.05) is 26.0 Å². The van der Waals surface area contributed by atoms with Crippen molar-refractivity contribution in [3.8, 4) is 11.5 Å². The fraction of sp³-hybridized carbons (Fsp3) is 0.400. The number of hydrogen-bond acceptors (Lipinski definition) is 5. The summed E-state index contributed by atoms with van der Waals surface area (Å²) in [5, 5.41) is 0. The molecule has 0 N–H and O–H groups in total.